The topological polar surface area (TPSA) is 38.9 Å². The van der Waals surface area contributed by atoms with Crippen LogP contribution in [0.2, 0.25) is 0 Å². The fourth-order valence-electron chi connectivity index (χ4n) is 1.98. The third-order valence-corrected chi connectivity index (χ3v) is 4.03. The second-order valence-corrected chi connectivity index (χ2v) is 5.61. The van der Waals surface area contributed by atoms with Gasteiger partial charge in [0.2, 0.25) is 0 Å². The summed E-state index contributed by atoms with van der Waals surface area (Å²) in [7, 11) is 0. The maximum atomic E-state index is 5.77. The first-order valence-corrected chi connectivity index (χ1v) is 7.26. The van der Waals surface area contributed by atoms with Gasteiger partial charge in [-0.25, -0.2) is 4.98 Å². The highest BCUT2D eigenvalue weighted by Gasteiger charge is 2.03. The van der Waals surface area contributed by atoms with Crippen LogP contribution in [0.1, 0.15) is 44.0 Å². The predicted molar refractivity (Wildman–Crippen MR) is 76.5 cm³/mol. The average molecular weight is 248 g/mol. The summed E-state index contributed by atoms with van der Waals surface area (Å²) in [6.45, 7) is 2.25. The van der Waals surface area contributed by atoms with Gasteiger partial charge in [-0.1, -0.05) is 32.6 Å². The first kappa shape index (κ1) is 12.4. The normalized spacial score (nSPS) is 11.1. The average Bonchev–Trinajstić information content (AvgIpc) is 2.70. The number of nitrogens with two attached hydrogens (primary N) is 1. The van der Waals surface area contributed by atoms with Crippen LogP contribution >= 0.6 is 11.3 Å². The van der Waals surface area contributed by atoms with Gasteiger partial charge in [-0.05, 0) is 31.0 Å². The zero-order valence-corrected chi connectivity index (χ0v) is 11.2. The summed E-state index contributed by atoms with van der Waals surface area (Å²) in [5, 5.41) is 1.25. The summed E-state index contributed by atoms with van der Waals surface area (Å²) in [6.07, 6.45) is 7.72. The quantitative estimate of drug-likeness (QED) is 0.608. The molecule has 0 saturated carbocycles. The molecule has 0 spiro atoms. The van der Waals surface area contributed by atoms with Gasteiger partial charge in [0.25, 0.3) is 0 Å². The molecule has 0 atom stereocenters. The van der Waals surface area contributed by atoms with Gasteiger partial charge in [-0.15, -0.1) is 11.3 Å². The van der Waals surface area contributed by atoms with E-state index in [-0.39, 0.29) is 0 Å². The van der Waals surface area contributed by atoms with Crippen molar-refractivity contribution >= 4 is 27.2 Å². The Morgan fingerprint density at radius 1 is 1.18 bits per heavy atom. The van der Waals surface area contributed by atoms with Crippen molar-refractivity contribution in [2.24, 2.45) is 0 Å². The van der Waals surface area contributed by atoms with E-state index >= 15 is 0 Å². The number of anilines is 1. The fourth-order valence-corrected chi connectivity index (χ4v) is 3.03. The monoisotopic (exact) mass is 248 g/mol. The highest BCUT2D eigenvalue weighted by atomic mass is 32.1. The van der Waals surface area contributed by atoms with Crippen molar-refractivity contribution in [3.8, 4) is 0 Å². The number of fused-ring (bicyclic) bond motifs is 1. The zero-order valence-electron chi connectivity index (χ0n) is 10.4. The summed E-state index contributed by atoms with van der Waals surface area (Å²) in [5.74, 6) is 0. The van der Waals surface area contributed by atoms with Gasteiger partial charge in [-0.3, -0.25) is 0 Å². The number of rotatable bonds is 6. The van der Waals surface area contributed by atoms with Crippen molar-refractivity contribution in [1.82, 2.24) is 4.98 Å². The van der Waals surface area contributed by atoms with Gasteiger partial charge in [0, 0.05) is 5.69 Å². The Balaban J connectivity index is 1.91. The molecule has 1 aromatic heterocycles. The number of unbranched alkanes of at least 4 members (excludes halogenated alkanes) is 4. The van der Waals surface area contributed by atoms with Gasteiger partial charge in [0.05, 0.1) is 15.2 Å². The molecule has 0 aliphatic heterocycles. The second-order valence-electron chi connectivity index (χ2n) is 4.50. The lowest BCUT2D eigenvalue weighted by molar-refractivity contribution is 0.631. The number of aryl methyl sites for hydroxylation is 1. The minimum Gasteiger partial charge on any atom is -0.399 e. The fraction of sp³-hybridized carbons (Fsp3) is 0.500. The number of benzene rings is 1. The summed E-state index contributed by atoms with van der Waals surface area (Å²) in [5.41, 5.74) is 7.69. The van der Waals surface area contributed by atoms with E-state index in [1.807, 2.05) is 18.2 Å². The molecule has 3 heteroatoms. The van der Waals surface area contributed by atoms with Crippen molar-refractivity contribution in [3.63, 3.8) is 0 Å². The van der Waals surface area contributed by atoms with E-state index in [0.29, 0.717) is 0 Å². The highest BCUT2D eigenvalue weighted by Crippen LogP contribution is 2.25. The zero-order chi connectivity index (χ0) is 12.1. The Labute approximate surface area is 107 Å². The van der Waals surface area contributed by atoms with Crippen molar-refractivity contribution < 1.29 is 0 Å². The van der Waals surface area contributed by atoms with Crippen LogP contribution in [-0.4, -0.2) is 4.98 Å². The van der Waals surface area contributed by atoms with Crippen LogP contribution in [0.15, 0.2) is 18.2 Å². The van der Waals surface area contributed by atoms with Gasteiger partial charge in [-0.2, -0.15) is 0 Å². The lowest BCUT2D eigenvalue weighted by Gasteiger charge is -1.96. The Morgan fingerprint density at radius 2 is 2.00 bits per heavy atom. The molecule has 0 saturated heterocycles. The van der Waals surface area contributed by atoms with Crippen LogP contribution in [0, 0.1) is 0 Å². The minimum atomic E-state index is 0.829. The molecule has 0 unspecified atom stereocenters. The van der Waals surface area contributed by atoms with Crippen molar-refractivity contribution in [2.45, 2.75) is 45.4 Å². The second kappa shape index (κ2) is 6.01. The molecule has 92 valence electrons. The summed E-state index contributed by atoms with van der Waals surface area (Å²) >= 11 is 1.78. The molecule has 0 aliphatic carbocycles. The van der Waals surface area contributed by atoms with E-state index in [1.165, 1.54) is 41.8 Å². The standard InChI is InChI=1S/C14H20N2S/c1-2-3-4-5-6-7-14-16-12-9-8-11(15)10-13(12)17-14/h8-10H,2-7,15H2,1H3. The van der Waals surface area contributed by atoms with E-state index < -0.39 is 0 Å². The summed E-state index contributed by atoms with van der Waals surface area (Å²) in [6, 6.07) is 5.96. The smallest absolute Gasteiger partial charge is 0.0938 e. The highest BCUT2D eigenvalue weighted by molar-refractivity contribution is 7.18. The third kappa shape index (κ3) is 3.43. The number of nitrogen functional groups attached to an aromatic ring is 1. The summed E-state index contributed by atoms with van der Waals surface area (Å²) in [4.78, 5) is 4.63. The summed E-state index contributed by atoms with van der Waals surface area (Å²) < 4.78 is 1.22. The molecule has 0 radical (unpaired) electrons. The van der Waals surface area contributed by atoms with Crippen LogP contribution in [0.5, 0.6) is 0 Å². The van der Waals surface area contributed by atoms with Gasteiger partial charge >= 0.3 is 0 Å². The molecular weight excluding hydrogens is 228 g/mol. The Morgan fingerprint density at radius 3 is 2.82 bits per heavy atom. The van der Waals surface area contributed by atoms with Crippen LogP contribution in [0.25, 0.3) is 10.2 Å². The molecule has 2 nitrogen and oxygen atoms in total. The largest absolute Gasteiger partial charge is 0.399 e. The van der Waals surface area contributed by atoms with Crippen molar-refractivity contribution in [1.29, 1.82) is 0 Å². The number of aromatic nitrogens is 1. The van der Waals surface area contributed by atoms with E-state index in [2.05, 4.69) is 11.9 Å². The molecule has 2 aromatic rings. The predicted octanol–water partition coefficient (Wildman–Crippen LogP) is 4.39. The van der Waals surface area contributed by atoms with E-state index in [4.69, 9.17) is 5.73 Å². The number of hydrogen-bond acceptors (Lipinski definition) is 3. The molecule has 2 rings (SSSR count). The molecule has 0 amide bonds. The molecular formula is C14H20N2S. The van der Waals surface area contributed by atoms with Gasteiger partial charge < -0.3 is 5.73 Å². The molecule has 0 aliphatic rings. The number of thiazole rings is 1. The Hall–Kier alpha value is -1.09. The molecule has 17 heavy (non-hydrogen) atoms. The van der Waals surface area contributed by atoms with Gasteiger partial charge in [0.1, 0.15) is 0 Å². The first-order chi connectivity index (χ1) is 8.29. The molecule has 0 bridgehead atoms. The lowest BCUT2D eigenvalue weighted by Crippen LogP contribution is -1.84. The number of nitrogens with zero attached hydrogens (tertiary/aromatic N) is 1. The third-order valence-electron chi connectivity index (χ3n) is 2.95. The van der Waals surface area contributed by atoms with E-state index in [0.717, 1.165) is 17.6 Å². The molecule has 0 fully saturated rings. The van der Waals surface area contributed by atoms with Crippen molar-refractivity contribution in [2.75, 3.05) is 5.73 Å². The minimum absolute atomic E-state index is 0.829. The first-order valence-electron chi connectivity index (χ1n) is 6.44. The molecule has 1 aromatic carbocycles. The Bertz CT molecular complexity index is 476. The lowest BCUT2D eigenvalue weighted by atomic mass is 10.1. The Kier molecular flexibility index (Phi) is 4.37. The maximum absolute atomic E-state index is 5.77. The SMILES string of the molecule is CCCCCCCc1nc2ccc(N)cc2s1. The van der Waals surface area contributed by atoms with Crippen LogP contribution < -0.4 is 5.73 Å². The molecule has 1 heterocycles. The number of hydrogen-bond donors (Lipinski definition) is 1. The van der Waals surface area contributed by atoms with Gasteiger partial charge in [0.15, 0.2) is 0 Å². The van der Waals surface area contributed by atoms with E-state index in [9.17, 15) is 0 Å². The molecule has 2 N–H and O–H groups in total. The van der Waals surface area contributed by atoms with Crippen LogP contribution in [0.4, 0.5) is 5.69 Å². The van der Waals surface area contributed by atoms with Crippen LogP contribution in [0.3, 0.4) is 0 Å². The maximum Gasteiger partial charge on any atom is 0.0938 e. The van der Waals surface area contributed by atoms with Crippen LogP contribution in [-0.2, 0) is 6.42 Å². The van der Waals surface area contributed by atoms with Crippen molar-refractivity contribution in [3.05, 3.63) is 23.2 Å². The van der Waals surface area contributed by atoms with E-state index in [1.54, 1.807) is 11.3 Å².